The zero-order valence-corrected chi connectivity index (χ0v) is 22.3. The van der Waals surface area contributed by atoms with Crippen molar-refractivity contribution >= 4 is 34.1 Å². The molecule has 1 aromatic carbocycles. The third-order valence-corrected chi connectivity index (χ3v) is 8.82. The van der Waals surface area contributed by atoms with Crippen LogP contribution in [0.25, 0.3) is 10.9 Å². The fourth-order valence-corrected chi connectivity index (χ4v) is 6.40. The van der Waals surface area contributed by atoms with Crippen molar-refractivity contribution < 1.29 is 19.8 Å². The Kier molecular flexibility index (Phi) is 7.10. The number of carbonyl (C=O) groups excluding carboxylic acids is 2. The summed E-state index contributed by atoms with van der Waals surface area (Å²) in [5.41, 5.74) is 3.10. The van der Waals surface area contributed by atoms with Gasteiger partial charge in [-0.15, -0.1) is 11.3 Å². The summed E-state index contributed by atoms with van der Waals surface area (Å²) in [5, 5.41) is 27.1. The van der Waals surface area contributed by atoms with Crippen LogP contribution >= 0.6 is 11.3 Å². The Hall–Kier alpha value is -2.79. The Morgan fingerprint density at radius 2 is 1.89 bits per heavy atom. The maximum Gasteiger partial charge on any atom is 0.280 e. The number of aromatic amines is 1. The summed E-state index contributed by atoms with van der Waals surface area (Å²) in [6.07, 6.45) is 1.91. The van der Waals surface area contributed by atoms with E-state index >= 15 is 0 Å². The number of benzene rings is 1. The molecule has 3 heterocycles. The topological polar surface area (TPSA) is 131 Å². The number of aromatic nitrogens is 2. The van der Waals surface area contributed by atoms with Crippen molar-refractivity contribution in [1.29, 1.82) is 0 Å². The summed E-state index contributed by atoms with van der Waals surface area (Å²) < 4.78 is 0. The molecule has 37 heavy (non-hydrogen) atoms. The van der Waals surface area contributed by atoms with Gasteiger partial charge in [-0.25, -0.2) is 4.98 Å². The smallest absolute Gasteiger partial charge is 0.280 e. The molecular weight excluding hydrogens is 490 g/mol. The highest BCUT2D eigenvalue weighted by atomic mass is 32.1. The molecule has 0 bridgehead atoms. The van der Waals surface area contributed by atoms with Gasteiger partial charge in [-0.05, 0) is 57.7 Å². The molecule has 198 valence electrons. The van der Waals surface area contributed by atoms with Gasteiger partial charge in [0.15, 0.2) is 5.01 Å². The first-order valence-electron chi connectivity index (χ1n) is 12.8. The van der Waals surface area contributed by atoms with E-state index in [1.54, 1.807) is 0 Å². The number of aliphatic hydroxyl groups excluding tert-OH is 2. The van der Waals surface area contributed by atoms with Crippen LogP contribution < -0.4 is 10.6 Å². The molecule has 9 nitrogen and oxygen atoms in total. The molecule has 5 N–H and O–H groups in total. The number of H-pyrrole nitrogens is 1. The number of carbonyl (C=O) groups is 2. The normalized spacial score (nSPS) is 22.2. The summed E-state index contributed by atoms with van der Waals surface area (Å²) in [6, 6.07) is 7.23. The van der Waals surface area contributed by atoms with Crippen LogP contribution in [0.15, 0.2) is 24.3 Å². The summed E-state index contributed by atoms with van der Waals surface area (Å²) in [5.74, 6) is -0.482. The number of hydrogen-bond acceptors (Lipinski definition) is 7. The van der Waals surface area contributed by atoms with Gasteiger partial charge < -0.3 is 25.8 Å². The number of hydrogen-bond donors (Lipinski definition) is 5. The van der Waals surface area contributed by atoms with Crippen LogP contribution in [0.5, 0.6) is 0 Å². The van der Waals surface area contributed by atoms with Gasteiger partial charge in [0.25, 0.3) is 11.8 Å². The summed E-state index contributed by atoms with van der Waals surface area (Å²) in [6.45, 7) is 7.54. The van der Waals surface area contributed by atoms with E-state index in [2.05, 4.69) is 25.5 Å². The van der Waals surface area contributed by atoms with E-state index in [1.165, 1.54) is 11.3 Å². The van der Waals surface area contributed by atoms with Crippen molar-refractivity contribution in [2.75, 3.05) is 19.8 Å². The molecule has 0 saturated heterocycles. The summed E-state index contributed by atoms with van der Waals surface area (Å²) in [7, 11) is 0. The zero-order chi connectivity index (χ0) is 26.3. The minimum Gasteiger partial charge on any atom is -0.396 e. The molecule has 10 heteroatoms. The van der Waals surface area contributed by atoms with Crippen LogP contribution in [0.3, 0.4) is 0 Å². The van der Waals surface area contributed by atoms with Crippen LogP contribution in [0.2, 0.25) is 0 Å². The number of nitrogens with zero attached hydrogens (tertiary/aromatic N) is 2. The van der Waals surface area contributed by atoms with Crippen LogP contribution in [0.1, 0.15) is 63.1 Å². The molecule has 1 aliphatic carbocycles. The fraction of sp³-hybridized carbons (Fsp3) is 0.519. The molecule has 1 saturated carbocycles. The number of thiazole rings is 1. The first-order valence-corrected chi connectivity index (χ1v) is 13.6. The SMILES string of the molecule is Cc1ccc2[nH]c(C(=O)N[C@@H]3CC(CO)C[C@H]3NC(=O)c3nc4c(s3)CN(C(C)(C)CO)CC4)cc2c1. The van der Waals surface area contributed by atoms with Gasteiger partial charge in [0.2, 0.25) is 0 Å². The molecule has 0 spiro atoms. The maximum atomic E-state index is 13.2. The highest BCUT2D eigenvalue weighted by molar-refractivity contribution is 7.13. The number of nitrogens with one attached hydrogen (secondary N) is 3. The second-order valence-electron chi connectivity index (χ2n) is 11.0. The van der Waals surface area contributed by atoms with Gasteiger partial charge in [0, 0.05) is 59.5 Å². The van der Waals surface area contributed by atoms with E-state index in [9.17, 15) is 19.8 Å². The van der Waals surface area contributed by atoms with Crippen LogP contribution in [-0.4, -0.2) is 74.3 Å². The van der Waals surface area contributed by atoms with E-state index in [0.717, 1.165) is 40.0 Å². The van der Waals surface area contributed by atoms with Gasteiger partial charge in [-0.1, -0.05) is 11.6 Å². The molecule has 5 rings (SSSR count). The second kappa shape index (κ2) is 10.2. The van der Waals surface area contributed by atoms with Crippen molar-refractivity contribution in [2.24, 2.45) is 5.92 Å². The number of aryl methyl sites for hydroxylation is 1. The minimum absolute atomic E-state index is 0.000245. The first-order chi connectivity index (χ1) is 17.7. The predicted molar refractivity (Wildman–Crippen MR) is 143 cm³/mol. The quantitative estimate of drug-likeness (QED) is 0.322. The standard InChI is InChI=1S/C27H35N5O4S/c1-15-4-5-18-17(8-15)11-22(28-18)24(35)29-20-9-16(13-33)10-21(20)30-25(36)26-31-19-6-7-32(12-23(19)37-26)27(2,3)14-34/h4-5,8,11,16,20-21,28,33-34H,6-7,9-10,12-14H2,1-3H3,(H,29,35)(H,30,36)/t16?,20-,21-/m1/s1. The third-order valence-electron chi connectivity index (χ3n) is 7.74. The first kappa shape index (κ1) is 25.8. The number of aliphatic hydroxyl groups is 2. The monoisotopic (exact) mass is 525 g/mol. The van der Waals surface area contributed by atoms with Gasteiger partial charge in [0.1, 0.15) is 5.69 Å². The Balaban J connectivity index is 1.27. The van der Waals surface area contributed by atoms with Crippen molar-refractivity contribution in [2.45, 2.75) is 64.2 Å². The highest BCUT2D eigenvalue weighted by Gasteiger charge is 2.37. The minimum atomic E-state index is -0.331. The van der Waals surface area contributed by atoms with E-state index in [1.807, 2.05) is 45.0 Å². The molecule has 3 atom stereocenters. The van der Waals surface area contributed by atoms with Crippen molar-refractivity contribution in [3.8, 4) is 0 Å². The van der Waals surface area contributed by atoms with Gasteiger partial charge in [0.05, 0.1) is 12.3 Å². The maximum absolute atomic E-state index is 13.2. The summed E-state index contributed by atoms with van der Waals surface area (Å²) >= 11 is 1.39. The van der Waals surface area contributed by atoms with E-state index in [-0.39, 0.29) is 48.6 Å². The molecule has 2 aromatic heterocycles. The van der Waals surface area contributed by atoms with E-state index < -0.39 is 0 Å². The lowest BCUT2D eigenvalue weighted by Crippen LogP contribution is -2.48. The Bertz CT molecular complexity index is 1320. The van der Waals surface area contributed by atoms with Crippen molar-refractivity contribution in [3.05, 3.63) is 51.1 Å². The van der Waals surface area contributed by atoms with Gasteiger partial charge in [-0.3, -0.25) is 14.5 Å². The molecule has 3 aromatic rings. The second-order valence-corrected chi connectivity index (χ2v) is 12.1. The largest absolute Gasteiger partial charge is 0.396 e. The van der Waals surface area contributed by atoms with Gasteiger partial charge in [-0.2, -0.15) is 0 Å². The zero-order valence-electron chi connectivity index (χ0n) is 21.5. The van der Waals surface area contributed by atoms with Crippen LogP contribution in [0, 0.1) is 12.8 Å². The van der Waals surface area contributed by atoms with Crippen molar-refractivity contribution in [1.82, 2.24) is 25.5 Å². The fourth-order valence-electron chi connectivity index (χ4n) is 5.37. The Labute approximate surface area is 220 Å². The number of fused-ring (bicyclic) bond motifs is 2. The van der Waals surface area contributed by atoms with Gasteiger partial charge >= 0.3 is 0 Å². The third kappa shape index (κ3) is 5.29. The molecular formula is C27H35N5O4S. The lowest BCUT2D eigenvalue weighted by molar-refractivity contribution is 0.0471. The lowest BCUT2D eigenvalue weighted by Gasteiger charge is -2.39. The van der Waals surface area contributed by atoms with Crippen LogP contribution in [0.4, 0.5) is 0 Å². The van der Waals surface area contributed by atoms with Crippen LogP contribution in [-0.2, 0) is 13.0 Å². The molecule has 2 amide bonds. The van der Waals surface area contributed by atoms with E-state index in [4.69, 9.17) is 0 Å². The molecule has 2 aliphatic rings. The number of amides is 2. The summed E-state index contributed by atoms with van der Waals surface area (Å²) in [4.78, 5) is 37.3. The predicted octanol–water partition coefficient (Wildman–Crippen LogP) is 2.36. The average Bonchev–Trinajstić information content (AvgIpc) is 3.59. The molecule has 1 unspecified atom stereocenters. The average molecular weight is 526 g/mol. The Morgan fingerprint density at radius 3 is 2.59 bits per heavy atom. The van der Waals surface area contributed by atoms with Crippen molar-refractivity contribution in [3.63, 3.8) is 0 Å². The molecule has 1 aliphatic heterocycles. The number of rotatable bonds is 7. The Morgan fingerprint density at radius 1 is 1.16 bits per heavy atom. The molecule has 0 radical (unpaired) electrons. The highest BCUT2D eigenvalue weighted by Crippen LogP contribution is 2.31. The molecule has 1 fully saturated rings. The van der Waals surface area contributed by atoms with E-state index in [0.29, 0.717) is 30.1 Å². The lowest BCUT2D eigenvalue weighted by atomic mass is 10.0.